The van der Waals surface area contributed by atoms with Gasteiger partial charge in [0.1, 0.15) is 10.7 Å². The minimum atomic E-state index is -3.71. The van der Waals surface area contributed by atoms with Gasteiger partial charge in [0.2, 0.25) is 0 Å². The zero-order chi connectivity index (χ0) is 16.3. The maximum atomic E-state index is 12.3. The van der Waals surface area contributed by atoms with E-state index in [9.17, 15) is 8.42 Å². The molecule has 1 N–H and O–H groups in total. The van der Waals surface area contributed by atoms with Crippen molar-refractivity contribution >= 4 is 38.6 Å². The molecule has 0 bridgehead atoms. The van der Waals surface area contributed by atoms with Gasteiger partial charge in [-0.05, 0) is 43.3 Å². The molecule has 0 spiro atoms. The lowest BCUT2D eigenvalue weighted by atomic mass is 10.2. The first kappa shape index (κ1) is 15.1. The minimum absolute atomic E-state index is 0.0891. The molecule has 7 heteroatoms. The summed E-state index contributed by atoms with van der Waals surface area (Å²) in [5.41, 5.74) is 1.46. The molecule has 6 nitrogen and oxygen atoms in total. The van der Waals surface area contributed by atoms with E-state index in [-0.39, 0.29) is 10.7 Å². The Morgan fingerprint density at radius 2 is 2.00 bits per heavy atom. The molecule has 0 saturated heterocycles. The highest BCUT2D eigenvalue weighted by Gasteiger charge is 2.15. The first-order valence-corrected chi connectivity index (χ1v) is 8.40. The van der Waals surface area contributed by atoms with Crippen molar-refractivity contribution in [1.82, 2.24) is 9.97 Å². The molecule has 3 rings (SSSR count). The standard InChI is InChI=1S/C16H14N4O2S/c1-2-18-14-6-3-7-15-13(14)8-9-16(19-15)20-23(21,22)12-5-4-10-17-11-12/h2-11H,1H3,(H,19,20). The van der Waals surface area contributed by atoms with E-state index in [1.165, 1.54) is 18.5 Å². The second kappa shape index (κ2) is 6.13. The van der Waals surface area contributed by atoms with Crippen LogP contribution in [0.1, 0.15) is 6.92 Å². The smallest absolute Gasteiger partial charge is 0.263 e. The molecule has 0 aliphatic carbocycles. The fourth-order valence-corrected chi connectivity index (χ4v) is 3.11. The minimum Gasteiger partial charge on any atom is -0.263 e. The van der Waals surface area contributed by atoms with Crippen molar-refractivity contribution in [3.05, 3.63) is 54.9 Å². The van der Waals surface area contributed by atoms with Crippen LogP contribution in [0.4, 0.5) is 11.5 Å². The molecule has 0 unspecified atom stereocenters. The zero-order valence-electron chi connectivity index (χ0n) is 12.3. The van der Waals surface area contributed by atoms with Gasteiger partial charge in [-0.25, -0.2) is 13.4 Å². The van der Waals surface area contributed by atoms with E-state index in [2.05, 4.69) is 19.7 Å². The number of pyridine rings is 2. The molecule has 116 valence electrons. The van der Waals surface area contributed by atoms with Crippen LogP contribution >= 0.6 is 0 Å². The van der Waals surface area contributed by atoms with Gasteiger partial charge in [0.25, 0.3) is 10.0 Å². The van der Waals surface area contributed by atoms with Crippen molar-refractivity contribution < 1.29 is 8.42 Å². The van der Waals surface area contributed by atoms with Gasteiger partial charge in [0.15, 0.2) is 0 Å². The van der Waals surface area contributed by atoms with E-state index in [0.29, 0.717) is 5.52 Å². The molecule has 23 heavy (non-hydrogen) atoms. The molecular weight excluding hydrogens is 312 g/mol. The molecular formula is C16H14N4O2S. The molecule has 1 aromatic carbocycles. The number of benzene rings is 1. The number of fused-ring (bicyclic) bond motifs is 1. The van der Waals surface area contributed by atoms with Gasteiger partial charge in [-0.15, -0.1) is 0 Å². The average Bonchev–Trinajstić information content (AvgIpc) is 2.56. The van der Waals surface area contributed by atoms with Crippen LogP contribution in [-0.4, -0.2) is 24.6 Å². The van der Waals surface area contributed by atoms with Crippen molar-refractivity contribution in [3.8, 4) is 0 Å². The SMILES string of the molecule is CC=Nc1cccc2nc(NS(=O)(=O)c3cccnc3)ccc12. The van der Waals surface area contributed by atoms with E-state index < -0.39 is 10.0 Å². The Morgan fingerprint density at radius 1 is 1.13 bits per heavy atom. The third-order valence-electron chi connectivity index (χ3n) is 3.16. The summed E-state index contributed by atoms with van der Waals surface area (Å²) in [4.78, 5) is 12.5. The number of rotatable bonds is 4. The number of nitrogens with zero attached hydrogens (tertiary/aromatic N) is 3. The Morgan fingerprint density at radius 3 is 2.74 bits per heavy atom. The van der Waals surface area contributed by atoms with Gasteiger partial charge < -0.3 is 0 Å². The van der Waals surface area contributed by atoms with Crippen molar-refractivity contribution in [2.24, 2.45) is 4.99 Å². The van der Waals surface area contributed by atoms with Gasteiger partial charge in [-0.3, -0.25) is 14.7 Å². The number of nitrogens with one attached hydrogen (secondary N) is 1. The predicted octanol–water partition coefficient (Wildman–Crippen LogP) is 3.15. The Balaban J connectivity index is 1.99. The van der Waals surface area contributed by atoms with Crippen molar-refractivity contribution in [1.29, 1.82) is 0 Å². The molecule has 0 aliphatic heterocycles. The first-order valence-electron chi connectivity index (χ1n) is 6.91. The van der Waals surface area contributed by atoms with Gasteiger partial charge in [-0.1, -0.05) is 6.07 Å². The first-order chi connectivity index (χ1) is 11.1. The van der Waals surface area contributed by atoms with E-state index in [4.69, 9.17) is 0 Å². The lowest BCUT2D eigenvalue weighted by Gasteiger charge is -2.08. The molecule has 2 heterocycles. The van der Waals surface area contributed by atoms with E-state index in [1.807, 2.05) is 25.1 Å². The quantitative estimate of drug-likeness (QED) is 0.746. The topological polar surface area (TPSA) is 84.3 Å². The second-order valence-electron chi connectivity index (χ2n) is 4.72. The summed E-state index contributed by atoms with van der Waals surface area (Å²) in [6, 6.07) is 12.0. The van der Waals surface area contributed by atoms with Gasteiger partial charge in [-0.2, -0.15) is 0 Å². The maximum absolute atomic E-state index is 12.3. The number of hydrogen-bond acceptors (Lipinski definition) is 5. The van der Waals surface area contributed by atoms with Gasteiger partial charge >= 0.3 is 0 Å². The normalized spacial score (nSPS) is 11.9. The summed E-state index contributed by atoms with van der Waals surface area (Å²) in [6.07, 6.45) is 4.51. The third kappa shape index (κ3) is 3.19. The highest BCUT2D eigenvalue weighted by Crippen LogP contribution is 2.26. The lowest BCUT2D eigenvalue weighted by Crippen LogP contribution is -2.14. The number of sulfonamides is 1. The van der Waals surface area contributed by atoms with Crippen LogP contribution in [0.2, 0.25) is 0 Å². The average molecular weight is 326 g/mol. The molecule has 0 fully saturated rings. The van der Waals surface area contributed by atoms with E-state index in [0.717, 1.165) is 11.1 Å². The van der Waals surface area contributed by atoms with Crippen molar-refractivity contribution in [3.63, 3.8) is 0 Å². The summed E-state index contributed by atoms with van der Waals surface area (Å²) >= 11 is 0. The van der Waals surface area contributed by atoms with Crippen LogP contribution in [0, 0.1) is 0 Å². The van der Waals surface area contributed by atoms with Gasteiger partial charge in [0.05, 0.1) is 11.2 Å². The Hall–Kier alpha value is -2.80. The number of hydrogen-bond donors (Lipinski definition) is 1. The summed E-state index contributed by atoms with van der Waals surface area (Å²) < 4.78 is 27.0. The Bertz CT molecular complexity index is 970. The fraction of sp³-hybridized carbons (Fsp3) is 0.0625. The van der Waals surface area contributed by atoms with Crippen molar-refractivity contribution in [2.45, 2.75) is 11.8 Å². The summed E-state index contributed by atoms with van der Waals surface area (Å²) in [5, 5.41) is 0.856. The number of anilines is 1. The fourth-order valence-electron chi connectivity index (χ4n) is 2.15. The zero-order valence-corrected chi connectivity index (χ0v) is 13.2. The summed E-state index contributed by atoms with van der Waals surface area (Å²) in [6.45, 7) is 1.84. The molecule has 3 aromatic rings. The van der Waals surface area contributed by atoms with E-state index >= 15 is 0 Å². The van der Waals surface area contributed by atoms with Crippen LogP contribution in [0.25, 0.3) is 10.9 Å². The van der Waals surface area contributed by atoms with Crippen LogP contribution in [0.15, 0.2) is 64.7 Å². The number of aliphatic imine (C=N–C) groups is 1. The van der Waals surface area contributed by atoms with Crippen LogP contribution in [0.5, 0.6) is 0 Å². The Labute approximate surface area is 134 Å². The predicted molar refractivity (Wildman–Crippen MR) is 90.6 cm³/mol. The summed E-state index contributed by atoms with van der Waals surface area (Å²) in [7, 11) is -3.71. The lowest BCUT2D eigenvalue weighted by molar-refractivity contribution is 0.600. The second-order valence-corrected chi connectivity index (χ2v) is 6.40. The van der Waals surface area contributed by atoms with E-state index in [1.54, 1.807) is 24.4 Å². The van der Waals surface area contributed by atoms with Crippen LogP contribution < -0.4 is 4.72 Å². The molecule has 0 atom stereocenters. The third-order valence-corrected chi connectivity index (χ3v) is 4.50. The highest BCUT2D eigenvalue weighted by atomic mass is 32.2. The Kier molecular flexibility index (Phi) is 4.03. The van der Waals surface area contributed by atoms with Crippen molar-refractivity contribution in [2.75, 3.05) is 4.72 Å². The summed E-state index contributed by atoms with van der Waals surface area (Å²) in [5.74, 6) is 0.249. The van der Waals surface area contributed by atoms with Crippen LogP contribution in [0.3, 0.4) is 0 Å². The molecule has 0 saturated carbocycles. The maximum Gasteiger partial charge on any atom is 0.264 e. The van der Waals surface area contributed by atoms with Crippen LogP contribution in [-0.2, 0) is 10.0 Å². The van der Waals surface area contributed by atoms with Gasteiger partial charge in [0, 0.05) is 24.0 Å². The molecule has 0 amide bonds. The molecule has 0 radical (unpaired) electrons. The molecule has 0 aliphatic rings. The molecule has 2 aromatic heterocycles. The highest BCUT2D eigenvalue weighted by molar-refractivity contribution is 7.92. The number of aromatic nitrogens is 2. The largest absolute Gasteiger partial charge is 0.264 e. The monoisotopic (exact) mass is 326 g/mol.